The van der Waals surface area contributed by atoms with Crippen molar-refractivity contribution in [2.24, 2.45) is 11.8 Å². The molecule has 4 fully saturated rings. The highest BCUT2D eigenvalue weighted by Crippen LogP contribution is 2.46. The molecule has 1 aromatic rings. The fraction of sp³-hybridized carbons (Fsp3) is 0.658. The van der Waals surface area contributed by atoms with E-state index in [1.165, 1.54) is 10.5 Å². The molecule has 5 amide bonds. The second kappa shape index (κ2) is 15.2. The lowest BCUT2D eigenvalue weighted by atomic mass is 9.94. The number of carbonyl (C=O) groups excluding carboxylic acids is 5. The first-order chi connectivity index (χ1) is 25.0. The number of carbonyl (C=O) groups is 5. The minimum absolute atomic E-state index is 0.0130. The van der Waals surface area contributed by atoms with E-state index in [1.54, 1.807) is 4.90 Å². The average molecular weight is 738 g/mol. The SMILES string of the molecule is O=C1N[C@]2(C(=O)NS(=O)(=O)C3CC3)CC2C=CCCCCC[C@H](CC(=O)N2CCCCC2)C(=O)N2C[C@H](OC(=O)N3CCc4ccccc4C3)C[C@@H]12. The van der Waals surface area contributed by atoms with E-state index in [4.69, 9.17) is 4.74 Å². The van der Waals surface area contributed by atoms with E-state index in [9.17, 15) is 32.4 Å². The smallest absolute Gasteiger partial charge is 0.410 e. The molecule has 0 radical (unpaired) electrons. The number of amides is 5. The Hall–Kier alpha value is -3.94. The number of allylic oxidation sites excluding steroid dienone is 1. The van der Waals surface area contributed by atoms with Gasteiger partial charge in [0.25, 0.3) is 5.91 Å². The molecule has 7 rings (SSSR count). The summed E-state index contributed by atoms with van der Waals surface area (Å²) in [5.41, 5.74) is 0.743. The third-order valence-corrected chi connectivity index (χ3v) is 13.6. The van der Waals surface area contributed by atoms with Crippen molar-refractivity contribution in [2.45, 2.75) is 119 Å². The number of hydrogen-bond donors (Lipinski definition) is 2. The standard InChI is InChI=1S/C38H51N5O8S/c44-33(41-18-9-4-10-19-41)21-27-12-5-2-1-3-6-14-29-23-38(29,36(47)40-52(49,50)31-15-16-31)39-34(45)32-22-30(25-43(32)35(27)46)51-37(48)42-20-17-26-11-7-8-13-28(26)24-42/h6-8,11,13-14,27,29-32H,1-5,9-10,12,15-25H2,(H,39,45)(H,40,47)/t27-,29?,30-,32+,38-/m1/s1. The number of sulfonamides is 1. The molecule has 4 heterocycles. The highest BCUT2D eigenvalue weighted by molar-refractivity contribution is 7.91. The summed E-state index contributed by atoms with van der Waals surface area (Å²) in [5.74, 6) is -2.86. The number of rotatable bonds is 6. The largest absolute Gasteiger partial charge is 0.444 e. The van der Waals surface area contributed by atoms with Gasteiger partial charge in [-0.25, -0.2) is 13.2 Å². The van der Waals surface area contributed by atoms with Crippen LogP contribution in [-0.2, 0) is 46.9 Å². The average Bonchev–Trinajstić information content (AvgIpc) is 4.07. The first kappa shape index (κ1) is 36.4. The molecular weight excluding hydrogens is 687 g/mol. The van der Waals surface area contributed by atoms with Crippen LogP contribution in [0, 0.1) is 11.8 Å². The highest BCUT2D eigenvalue weighted by Gasteiger charge is 2.62. The summed E-state index contributed by atoms with van der Waals surface area (Å²) < 4.78 is 33.8. The second-order valence-electron chi connectivity index (χ2n) is 15.5. The van der Waals surface area contributed by atoms with Crippen LogP contribution in [0.25, 0.3) is 0 Å². The highest BCUT2D eigenvalue weighted by atomic mass is 32.2. The Kier molecular flexibility index (Phi) is 10.6. The van der Waals surface area contributed by atoms with E-state index in [-0.39, 0.29) is 37.6 Å². The van der Waals surface area contributed by atoms with Gasteiger partial charge in [0, 0.05) is 50.9 Å². The molecule has 2 saturated carbocycles. The van der Waals surface area contributed by atoms with E-state index in [0.29, 0.717) is 51.9 Å². The van der Waals surface area contributed by atoms with Gasteiger partial charge in [-0.1, -0.05) is 49.3 Å². The minimum Gasteiger partial charge on any atom is -0.444 e. The van der Waals surface area contributed by atoms with Gasteiger partial charge in [0.15, 0.2) is 0 Å². The van der Waals surface area contributed by atoms with Gasteiger partial charge in [-0.15, -0.1) is 0 Å². The number of nitrogens with one attached hydrogen (secondary N) is 2. The normalized spacial score (nSPS) is 29.8. The fourth-order valence-electron chi connectivity index (χ4n) is 8.33. The Balaban J connectivity index is 1.13. The molecule has 282 valence electrons. The fourth-order valence-corrected chi connectivity index (χ4v) is 9.70. The van der Waals surface area contributed by atoms with Gasteiger partial charge >= 0.3 is 6.09 Å². The van der Waals surface area contributed by atoms with Gasteiger partial charge in [-0.05, 0) is 75.3 Å². The molecule has 1 aromatic carbocycles. The van der Waals surface area contributed by atoms with Crippen molar-refractivity contribution in [1.82, 2.24) is 24.7 Å². The number of benzene rings is 1. The summed E-state index contributed by atoms with van der Waals surface area (Å²) in [6.07, 6.45) is 11.0. The van der Waals surface area contributed by atoms with Crippen LogP contribution < -0.4 is 10.0 Å². The molecule has 0 aromatic heterocycles. The lowest BCUT2D eigenvalue weighted by Gasteiger charge is -2.31. The zero-order valence-corrected chi connectivity index (χ0v) is 30.6. The molecule has 2 saturated heterocycles. The quantitative estimate of drug-likeness (QED) is 0.421. The van der Waals surface area contributed by atoms with Crippen molar-refractivity contribution in [1.29, 1.82) is 0 Å². The zero-order valence-electron chi connectivity index (χ0n) is 29.8. The van der Waals surface area contributed by atoms with Crippen molar-refractivity contribution < 1.29 is 37.1 Å². The van der Waals surface area contributed by atoms with E-state index in [2.05, 4.69) is 10.0 Å². The maximum absolute atomic E-state index is 14.5. The lowest BCUT2D eigenvalue weighted by Crippen LogP contribution is -2.57. The van der Waals surface area contributed by atoms with Crippen LogP contribution in [0.3, 0.4) is 0 Å². The van der Waals surface area contributed by atoms with Crippen LogP contribution in [0.2, 0.25) is 0 Å². The summed E-state index contributed by atoms with van der Waals surface area (Å²) in [6.45, 7) is 2.18. The van der Waals surface area contributed by atoms with E-state index in [1.807, 2.05) is 41.3 Å². The van der Waals surface area contributed by atoms with Gasteiger partial charge in [0.05, 0.1) is 11.8 Å². The third kappa shape index (κ3) is 8.01. The maximum atomic E-state index is 14.5. The van der Waals surface area contributed by atoms with Crippen LogP contribution in [0.5, 0.6) is 0 Å². The molecule has 2 N–H and O–H groups in total. The lowest BCUT2D eigenvalue weighted by molar-refractivity contribution is -0.145. The van der Waals surface area contributed by atoms with Gasteiger partial charge in [0.2, 0.25) is 27.7 Å². The monoisotopic (exact) mass is 737 g/mol. The van der Waals surface area contributed by atoms with E-state index < -0.39 is 62.7 Å². The number of ether oxygens (including phenoxy) is 1. The van der Waals surface area contributed by atoms with Crippen LogP contribution in [0.4, 0.5) is 4.79 Å². The van der Waals surface area contributed by atoms with Crippen molar-refractivity contribution in [2.75, 3.05) is 26.2 Å². The molecule has 4 aliphatic heterocycles. The van der Waals surface area contributed by atoms with Gasteiger partial charge < -0.3 is 24.8 Å². The van der Waals surface area contributed by atoms with Crippen LogP contribution in [0.1, 0.15) is 94.6 Å². The maximum Gasteiger partial charge on any atom is 0.410 e. The number of likely N-dealkylation sites (tertiary alicyclic amines) is 1. The van der Waals surface area contributed by atoms with Gasteiger partial charge in [0.1, 0.15) is 17.7 Å². The zero-order chi connectivity index (χ0) is 36.5. The summed E-state index contributed by atoms with van der Waals surface area (Å²) in [6, 6.07) is 6.85. The van der Waals surface area contributed by atoms with Crippen LogP contribution in [0.15, 0.2) is 36.4 Å². The Morgan fingerprint density at radius 2 is 1.67 bits per heavy atom. The third-order valence-electron chi connectivity index (χ3n) is 11.7. The number of nitrogens with zero attached hydrogens (tertiary/aromatic N) is 3. The predicted molar refractivity (Wildman–Crippen MR) is 191 cm³/mol. The molecular formula is C38H51N5O8S. The summed E-state index contributed by atoms with van der Waals surface area (Å²) in [7, 11) is -3.87. The Labute approximate surface area is 305 Å². The van der Waals surface area contributed by atoms with Gasteiger partial charge in [-0.3, -0.25) is 23.9 Å². The summed E-state index contributed by atoms with van der Waals surface area (Å²) in [5, 5.41) is 2.26. The van der Waals surface area contributed by atoms with Crippen molar-refractivity contribution >= 4 is 39.7 Å². The molecule has 13 nitrogen and oxygen atoms in total. The molecule has 1 unspecified atom stereocenters. The molecule has 52 heavy (non-hydrogen) atoms. The van der Waals surface area contributed by atoms with E-state index in [0.717, 1.165) is 50.5 Å². The Morgan fingerprint density at radius 1 is 0.923 bits per heavy atom. The van der Waals surface area contributed by atoms with Gasteiger partial charge in [-0.2, -0.15) is 0 Å². The molecule has 14 heteroatoms. The summed E-state index contributed by atoms with van der Waals surface area (Å²) in [4.78, 5) is 74.4. The molecule has 0 spiro atoms. The van der Waals surface area contributed by atoms with Crippen LogP contribution in [-0.4, -0.2) is 102 Å². The number of piperidine rings is 1. The van der Waals surface area contributed by atoms with Crippen LogP contribution >= 0.6 is 0 Å². The van der Waals surface area contributed by atoms with Crippen molar-refractivity contribution in [3.05, 3.63) is 47.5 Å². The first-order valence-electron chi connectivity index (χ1n) is 19.2. The first-order valence-corrected chi connectivity index (χ1v) is 20.7. The number of fused-ring (bicyclic) bond motifs is 3. The van der Waals surface area contributed by atoms with Crippen molar-refractivity contribution in [3.63, 3.8) is 0 Å². The molecule has 2 aliphatic carbocycles. The minimum atomic E-state index is -3.87. The molecule has 0 bridgehead atoms. The summed E-state index contributed by atoms with van der Waals surface area (Å²) >= 11 is 0. The topological polar surface area (TPSA) is 162 Å². The number of hydrogen-bond acceptors (Lipinski definition) is 8. The predicted octanol–water partition coefficient (Wildman–Crippen LogP) is 3.17. The van der Waals surface area contributed by atoms with E-state index >= 15 is 0 Å². The Bertz CT molecular complexity index is 1710. The molecule has 6 aliphatic rings. The molecule has 5 atom stereocenters. The Morgan fingerprint density at radius 3 is 2.44 bits per heavy atom. The van der Waals surface area contributed by atoms with Crippen molar-refractivity contribution in [3.8, 4) is 0 Å². The second-order valence-corrected chi connectivity index (χ2v) is 17.5.